The fourth-order valence-corrected chi connectivity index (χ4v) is 2.81. The van der Waals surface area contributed by atoms with Gasteiger partial charge < -0.3 is 9.32 Å². The van der Waals surface area contributed by atoms with Crippen LogP contribution in [0.4, 0.5) is 4.39 Å². The highest BCUT2D eigenvalue weighted by Gasteiger charge is 2.25. The van der Waals surface area contributed by atoms with Crippen molar-refractivity contribution in [3.05, 3.63) is 59.3 Å². The molecule has 126 valence electrons. The molecule has 1 saturated heterocycles. The van der Waals surface area contributed by atoms with Crippen LogP contribution >= 0.6 is 0 Å². The molecule has 3 rings (SSSR count). The molecule has 0 saturated carbocycles. The Morgan fingerprint density at radius 1 is 1.17 bits per heavy atom. The average Bonchev–Trinajstić information content (AvgIpc) is 3.11. The van der Waals surface area contributed by atoms with Gasteiger partial charge in [0.2, 0.25) is 0 Å². The first kappa shape index (κ1) is 16.4. The molecule has 0 N–H and O–H groups in total. The molecule has 0 atom stereocenters. The number of piperazine rings is 1. The molecule has 2 heterocycles. The van der Waals surface area contributed by atoms with Gasteiger partial charge in [-0.25, -0.2) is 4.39 Å². The van der Waals surface area contributed by atoms with Gasteiger partial charge in [-0.3, -0.25) is 14.5 Å². The summed E-state index contributed by atoms with van der Waals surface area (Å²) < 4.78 is 18.9. The molecule has 1 fully saturated rings. The summed E-state index contributed by atoms with van der Waals surface area (Å²) in [6.45, 7) is 4.17. The Kier molecular flexibility index (Phi) is 4.76. The van der Waals surface area contributed by atoms with Gasteiger partial charge in [-0.05, 0) is 31.2 Å². The molecule has 1 aromatic heterocycles. The lowest BCUT2D eigenvalue weighted by Gasteiger charge is -2.33. The zero-order valence-electron chi connectivity index (χ0n) is 13.5. The largest absolute Gasteiger partial charge is 0.459 e. The molecule has 2 aromatic rings. The van der Waals surface area contributed by atoms with Crippen LogP contribution in [0.5, 0.6) is 0 Å². The first-order valence-corrected chi connectivity index (χ1v) is 7.89. The Morgan fingerprint density at radius 2 is 1.92 bits per heavy atom. The highest BCUT2D eigenvalue weighted by Crippen LogP contribution is 2.13. The number of nitrogens with zero attached hydrogens (tertiary/aromatic N) is 2. The zero-order chi connectivity index (χ0) is 17.1. The number of benzene rings is 1. The van der Waals surface area contributed by atoms with E-state index in [4.69, 9.17) is 4.42 Å². The second-order valence-electron chi connectivity index (χ2n) is 5.95. The first-order chi connectivity index (χ1) is 11.5. The van der Waals surface area contributed by atoms with Gasteiger partial charge in [0.05, 0.1) is 18.4 Å². The number of hydrogen-bond acceptors (Lipinski definition) is 4. The van der Waals surface area contributed by atoms with E-state index in [2.05, 4.69) is 0 Å². The molecule has 0 radical (unpaired) electrons. The van der Waals surface area contributed by atoms with Crippen LogP contribution in [-0.4, -0.2) is 54.2 Å². The minimum Gasteiger partial charge on any atom is -0.459 e. The predicted molar refractivity (Wildman–Crippen MR) is 86.5 cm³/mol. The average molecular weight is 330 g/mol. The van der Waals surface area contributed by atoms with E-state index >= 15 is 0 Å². The molecular weight excluding hydrogens is 311 g/mol. The molecule has 6 heteroatoms. The standard InChI is InChI=1S/C18H19FN2O3/c1-13-4-5-15(19)14(11-13)16(22)12-20-6-8-21(9-7-20)18(23)17-3-2-10-24-17/h2-5,10-11H,6-9,12H2,1H3. The lowest BCUT2D eigenvalue weighted by molar-refractivity contribution is 0.0595. The van der Waals surface area contributed by atoms with E-state index < -0.39 is 5.82 Å². The Labute approximate surface area is 139 Å². The van der Waals surface area contributed by atoms with Gasteiger partial charge in [-0.15, -0.1) is 0 Å². The van der Waals surface area contributed by atoms with Crippen molar-refractivity contribution in [1.29, 1.82) is 0 Å². The Morgan fingerprint density at radius 3 is 2.58 bits per heavy atom. The van der Waals surface area contributed by atoms with Crippen LogP contribution in [0.2, 0.25) is 0 Å². The van der Waals surface area contributed by atoms with Crippen LogP contribution in [0.15, 0.2) is 41.0 Å². The summed E-state index contributed by atoms with van der Waals surface area (Å²) in [6, 6.07) is 7.86. The van der Waals surface area contributed by atoms with Crippen LogP contribution in [0.1, 0.15) is 26.5 Å². The number of hydrogen-bond donors (Lipinski definition) is 0. The van der Waals surface area contributed by atoms with E-state index in [-0.39, 0.29) is 23.8 Å². The summed E-state index contributed by atoms with van der Waals surface area (Å²) in [5.74, 6) is -0.545. The van der Waals surface area contributed by atoms with Gasteiger partial charge in [0.25, 0.3) is 5.91 Å². The molecule has 24 heavy (non-hydrogen) atoms. The normalized spacial score (nSPS) is 15.5. The summed E-state index contributed by atoms with van der Waals surface area (Å²) in [6.07, 6.45) is 1.47. The SMILES string of the molecule is Cc1ccc(F)c(C(=O)CN2CCN(C(=O)c3ccco3)CC2)c1. The number of furan rings is 1. The smallest absolute Gasteiger partial charge is 0.289 e. The van der Waals surface area contributed by atoms with Gasteiger partial charge in [0, 0.05) is 26.2 Å². The number of amides is 1. The topological polar surface area (TPSA) is 53.8 Å². The third kappa shape index (κ3) is 3.54. The quantitative estimate of drug-likeness (QED) is 0.808. The van der Waals surface area contributed by atoms with Crippen molar-refractivity contribution in [2.75, 3.05) is 32.7 Å². The molecule has 1 aliphatic heterocycles. The van der Waals surface area contributed by atoms with Gasteiger partial charge >= 0.3 is 0 Å². The maximum absolute atomic E-state index is 13.8. The minimum absolute atomic E-state index is 0.129. The Hall–Kier alpha value is -2.47. The molecule has 5 nitrogen and oxygen atoms in total. The third-order valence-corrected chi connectivity index (χ3v) is 4.18. The molecular formula is C18H19FN2O3. The fourth-order valence-electron chi connectivity index (χ4n) is 2.81. The summed E-state index contributed by atoms with van der Waals surface area (Å²) in [5.41, 5.74) is 0.984. The first-order valence-electron chi connectivity index (χ1n) is 7.89. The number of carbonyl (C=O) groups excluding carboxylic acids is 2. The number of ketones is 1. The molecule has 0 bridgehead atoms. The molecule has 0 unspecified atom stereocenters. The van der Waals surface area contributed by atoms with Crippen molar-refractivity contribution in [2.24, 2.45) is 0 Å². The lowest BCUT2D eigenvalue weighted by atomic mass is 10.1. The van der Waals surface area contributed by atoms with Crippen LogP contribution in [0, 0.1) is 12.7 Å². The van der Waals surface area contributed by atoms with Crippen molar-refractivity contribution < 1.29 is 18.4 Å². The van der Waals surface area contributed by atoms with E-state index in [1.54, 1.807) is 29.2 Å². The van der Waals surface area contributed by atoms with E-state index in [1.165, 1.54) is 12.3 Å². The Bertz CT molecular complexity index is 735. The van der Waals surface area contributed by atoms with Crippen LogP contribution in [0.25, 0.3) is 0 Å². The molecule has 1 aromatic carbocycles. The van der Waals surface area contributed by atoms with Crippen molar-refractivity contribution in [1.82, 2.24) is 9.80 Å². The maximum Gasteiger partial charge on any atom is 0.289 e. The van der Waals surface area contributed by atoms with Crippen molar-refractivity contribution >= 4 is 11.7 Å². The highest BCUT2D eigenvalue weighted by atomic mass is 19.1. The number of carbonyl (C=O) groups is 2. The summed E-state index contributed by atoms with van der Waals surface area (Å²) in [5, 5.41) is 0. The van der Waals surface area contributed by atoms with Crippen LogP contribution in [-0.2, 0) is 0 Å². The van der Waals surface area contributed by atoms with Crippen LogP contribution in [0.3, 0.4) is 0 Å². The Balaban J connectivity index is 1.56. The predicted octanol–water partition coefficient (Wildman–Crippen LogP) is 2.37. The molecule has 1 amide bonds. The van der Waals surface area contributed by atoms with Gasteiger partial charge in [0.15, 0.2) is 11.5 Å². The number of rotatable bonds is 4. The van der Waals surface area contributed by atoms with E-state index in [1.807, 2.05) is 11.8 Å². The van der Waals surface area contributed by atoms with E-state index in [0.29, 0.717) is 31.9 Å². The number of aryl methyl sites for hydroxylation is 1. The summed E-state index contributed by atoms with van der Waals surface area (Å²) in [4.78, 5) is 28.1. The summed E-state index contributed by atoms with van der Waals surface area (Å²) in [7, 11) is 0. The zero-order valence-corrected chi connectivity index (χ0v) is 13.5. The molecule has 0 spiro atoms. The second kappa shape index (κ2) is 6.97. The molecule has 0 aliphatic carbocycles. The van der Waals surface area contributed by atoms with E-state index in [0.717, 1.165) is 5.56 Å². The highest BCUT2D eigenvalue weighted by molar-refractivity contribution is 5.98. The number of halogens is 1. The maximum atomic E-state index is 13.8. The molecule has 1 aliphatic rings. The van der Waals surface area contributed by atoms with E-state index in [9.17, 15) is 14.0 Å². The number of Topliss-reactive ketones (excluding diaryl/α,β-unsaturated/α-hetero) is 1. The van der Waals surface area contributed by atoms with Crippen molar-refractivity contribution in [2.45, 2.75) is 6.92 Å². The third-order valence-electron chi connectivity index (χ3n) is 4.18. The monoisotopic (exact) mass is 330 g/mol. The van der Waals surface area contributed by atoms with Crippen LogP contribution < -0.4 is 0 Å². The second-order valence-corrected chi connectivity index (χ2v) is 5.95. The minimum atomic E-state index is -0.489. The summed E-state index contributed by atoms with van der Waals surface area (Å²) >= 11 is 0. The van der Waals surface area contributed by atoms with Crippen molar-refractivity contribution in [3.8, 4) is 0 Å². The fraction of sp³-hybridized carbons (Fsp3) is 0.333. The van der Waals surface area contributed by atoms with Crippen molar-refractivity contribution in [3.63, 3.8) is 0 Å². The lowest BCUT2D eigenvalue weighted by Crippen LogP contribution is -2.49. The van der Waals surface area contributed by atoms with Gasteiger partial charge in [-0.2, -0.15) is 0 Å². The van der Waals surface area contributed by atoms with Gasteiger partial charge in [-0.1, -0.05) is 11.6 Å². The van der Waals surface area contributed by atoms with Gasteiger partial charge in [0.1, 0.15) is 5.82 Å².